The molecule has 0 spiro atoms. The molecule has 0 radical (unpaired) electrons. The van der Waals surface area contributed by atoms with Crippen LogP contribution in [0.2, 0.25) is 0 Å². The highest BCUT2D eigenvalue weighted by Gasteiger charge is 2.50. The van der Waals surface area contributed by atoms with E-state index in [0.29, 0.717) is 0 Å². The first kappa shape index (κ1) is 43.1. The highest BCUT2D eigenvalue weighted by atomic mass is 15.2. The first-order valence-corrected chi connectivity index (χ1v) is 25.5. The maximum atomic E-state index is 2.59. The van der Waals surface area contributed by atoms with Crippen molar-refractivity contribution in [3.63, 3.8) is 0 Å². The number of hydrogen-bond acceptors (Lipinski definition) is 2. The van der Waals surface area contributed by atoms with E-state index in [9.17, 15) is 0 Å². The molecule has 0 aliphatic heterocycles. The summed E-state index contributed by atoms with van der Waals surface area (Å²) >= 11 is 0. The van der Waals surface area contributed by atoms with Crippen LogP contribution in [0.15, 0.2) is 297 Å². The second kappa shape index (κ2) is 17.9. The van der Waals surface area contributed by atoms with Crippen molar-refractivity contribution in [2.75, 3.05) is 9.80 Å². The molecule has 1 unspecified atom stereocenters. The molecular weight excluding hydrogens is 895 g/mol. The zero-order chi connectivity index (χ0) is 49.0. The van der Waals surface area contributed by atoms with Gasteiger partial charge in [-0.05, 0) is 140 Å². The van der Waals surface area contributed by atoms with Crippen molar-refractivity contribution in [1.82, 2.24) is 4.57 Å². The molecule has 13 aromatic rings. The van der Waals surface area contributed by atoms with Crippen LogP contribution in [0.5, 0.6) is 0 Å². The Kier molecular flexibility index (Phi) is 10.4. The van der Waals surface area contributed by atoms with E-state index in [1.54, 1.807) is 0 Å². The van der Waals surface area contributed by atoms with E-state index in [1.165, 1.54) is 71.6 Å². The molecule has 12 aromatic carbocycles. The predicted molar refractivity (Wildman–Crippen MR) is 311 cm³/mol. The topological polar surface area (TPSA) is 11.4 Å². The Morgan fingerprint density at radius 3 is 1.61 bits per heavy atom. The molecule has 0 amide bonds. The summed E-state index contributed by atoms with van der Waals surface area (Å²) in [5, 5.41) is 4.82. The fourth-order valence-electron chi connectivity index (χ4n) is 11.9. The van der Waals surface area contributed by atoms with Crippen molar-refractivity contribution in [1.29, 1.82) is 0 Å². The largest absolute Gasteiger partial charge is 0.323 e. The zero-order valence-corrected chi connectivity index (χ0v) is 40.6. The van der Waals surface area contributed by atoms with E-state index in [0.717, 1.165) is 45.2 Å². The number of nitrogens with zero attached hydrogens (tertiary/aromatic N) is 3. The van der Waals surface area contributed by atoms with Crippen molar-refractivity contribution in [3.8, 4) is 39.1 Å². The molecule has 0 bridgehead atoms. The van der Waals surface area contributed by atoms with Crippen molar-refractivity contribution >= 4 is 61.0 Å². The molecule has 74 heavy (non-hydrogen) atoms. The van der Waals surface area contributed by atoms with Gasteiger partial charge < -0.3 is 14.4 Å². The monoisotopic (exact) mass is 943 g/mol. The van der Waals surface area contributed by atoms with E-state index in [-0.39, 0.29) is 0 Å². The fraction of sp³-hybridized carbons (Fsp3) is 0.0141. The number of rotatable bonds is 10. The molecule has 348 valence electrons. The second-order valence-corrected chi connectivity index (χ2v) is 19.3. The third-order valence-corrected chi connectivity index (χ3v) is 15.2. The zero-order valence-electron chi connectivity index (χ0n) is 40.6. The SMILES string of the molecule is c1ccc(-c2ccc(-n3c4ccccc4c4ccc(N(c5ccc6c(c5)C(c5ccccc5)(N(c5ccccc5)c5cccc(-c7ccccc7)c5)c5ccccc5-6)c5ccc6ccccc6c5)cc43)cc2)cc1. The highest BCUT2D eigenvalue weighted by molar-refractivity contribution is 6.10. The lowest BCUT2D eigenvalue weighted by molar-refractivity contribution is 0.644. The van der Waals surface area contributed by atoms with Crippen LogP contribution in [0.25, 0.3) is 71.6 Å². The molecule has 1 aliphatic rings. The summed E-state index contributed by atoms with van der Waals surface area (Å²) in [6.45, 7) is 0. The molecule has 1 aromatic heterocycles. The van der Waals surface area contributed by atoms with Gasteiger partial charge in [0.05, 0.1) is 11.0 Å². The van der Waals surface area contributed by atoms with Crippen LogP contribution in [0.1, 0.15) is 16.7 Å². The Hall–Kier alpha value is -9.70. The number of anilines is 5. The van der Waals surface area contributed by atoms with Crippen LogP contribution in [0.3, 0.4) is 0 Å². The Labute approximate surface area is 431 Å². The van der Waals surface area contributed by atoms with E-state index < -0.39 is 5.54 Å². The minimum Gasteiger partial charge on any atom is -0.323 e. The van der Waals surface area contributed by atoms with Crippen molar-refractivity contribution in [2.24, 2.45) is 0 Å². The summed E-state index contributed by atoms with van der Waals surface area (Å²) < 4.78 is 2.43. The Morgan fingerprint density at radius 1 is 0.284 bits per heavy atom. The normalized spacial score (nSPS) is 13.7. The summed E-state index contributed by atoms with van der Waals surface area (Å²) in [6, 6.07) is 109. The van der Waals surface area contributed by atoms with Crippen LogP contribution in [-0.2, 0) is 5.54 Å². The Balaban J connectivity index is 1.03. The molecule has 0 saturated heterocycles. The molecule has 3 nitrogen and oxygen atoms in total. The standard InChI is InChI=1S/C71H49N3/c1-5-20-50(21-6-1)53-36-39-57(40-37-53)73-69-35-18-16-33-65(69)66-45-43-61(49-70(66)73)72(59-41-38-52-24-13-14-25-54(52)46-59)60-42-44-64-63-32-15-17-34-67(63)71(68(64)48-60,56-27-9-3-10-28-56)74(58-29-11-4-12-30-58)62-31-19-26-55(47-62)51-22-7-2-8-23-51/h1-49H. The average Bonchev–Trinajstić information content (AvgIpc) is 4.05. The highest BCUT2D eigenvalue weighted by Crippen LogP contribution is 2.59. The van der Waals surface area contributed by atoms with Gasteiger partial charge in [-0.15, -0.1) is 0 Å². The van der Waals surface area contributed by atoms with Gasteiger partial charge in [-0.3, -0.25) is 0 Å². The summed E-state index contributed by atoms with van der Waals surface area (Å²) in [5.41, 5.74) is 18.8. The number of benzene rings is 12. The van der Waals surface area contributed by atoms with E-state index in [1.807, 2.05) is 0 Å². The van der Waals surface area contributed by atoms with Gasteiger partial charge in [0.15, 0.2) is 0 Å². The lowest BCUT2D eigenvalue weighted by Gasteiger charge is -2.45. The molecular formula is C71H49N3. The van der Waals surface area contributed by atoms with Crippen LogP contribution in [0.4, 0.5) is 28.4 Å². The van der Waals surface area contributed by atoms with Crippen molar-refractivity contribution in [2.45, 2.75) is 5.54 Å². The Bertz CT molecular complexity index is 4180. The molecule has 0 fully saturated rings. The van der Waals surface area contributed by atoms with Crippen LogP contribution in [-0.4, -0.2) is 4.57 Å². The van der Waals surface area contributed by atoms with Crippen LogP contribution >= 0.6 is 0 Å². The van der Waals surface area contributed by atoms with Crippen LogP contribution in [0, 0.1) is 0 Å². The van der Waals surface area contributed by atoms with Gasteiger partial charge >= 0.3 is 0 Å². The molecule has 1 atom stereocenters. The first-order valence-electron chi connectivity index (χ1n) is 25.5. The van der Waals surface area contributed by atoms with E-state index in [4.69, 9.17) is 0 Å². The second-order valence-electron chi connectivity index (χ2n) is 19.3. The van der Waals surface area contributed by atoms with Gasteiger partial charge in [-0.1, -0.05) is 218 Å². The summed E-state index contributed by atoms with van der Waals surface area (Å²) in [6.07, 6.45) is 0. The maximum Gasteiger partial charge on any atom is 0.122 e. The van der Waals surface area contributed by atoms with Crippen molar-refractivity contribution in [3.05, 3.63) is 314 Å². The third-order valence-electron chi connectivity index (χ3n) is 15.2. The van der Waals surface area contributed by atoms with Gasteiger partial charge in [-0.25, -0.2) is 0 Å². The molecule has 0 N–H and O–H groups in total. The summed E-state index contributed by atoms with van der Waals surface area (Å²) in [7, 11) is 0. The van der Waals surface area contributed by atoms with Gasteiger partial charge in [-0.2, -0.15) is 0 Å². The summed E-state index contributed by atoms with van der Waals surface area (Å²) in [4.78, 5) is 5.06. The van der Waals surface area contributed by atoms with E-state index in [2.05, 4.69) is 312 Å². The summed E-state index contributed by atoms with van der Waals surface area (Å²) in [5.74, 6) is 0. The number of aromatic nitrogens is 1. The lowest BCUT2D eigenvalue weighted by Crippen LogP contribution is -2.44. The lowest BCUT2D eigenvalue weighted by atomic mass is 9.78. The molecule has 0 saturated carbocycles. The average molecular weight is 944 g/mol. The van der Waals surface area contributed by atoms with Crippen molar-refractivity contribution < 1.29 is 0 Å². The number of fused-ring (bicyclic) bond motifs is 7. The van der Waals surface area contributed by atoms with Gasteiger partial charge in [0.1, 0.15) is 5.54 Å². The fourth-order valence-corrected chi connectivity index (χ4v) is 11.9. The van der Waals surface area contributed by atoms with Crippen LogP contribution < -0.4 is 9.80 Å². The van der Waals surface area contributed by atoms with Gasteiger partial charge in [0.2, 0.25) is 0 Å². The molecule has 14 rings (SSSR count). The van der Waals surface area contributed by atoms with Gasteiger partial charge in [0, 0.05) is 44.9 Å². The van der Waals surface area contributed by atoms with Gasteiger partial charge in [0.25, 0.3) is 0 Å². The predicted octanol–water partition coefficient (Wildman–Crippen LogP) is 18.9. The number of para-hydroxylation sites is 2. The maximum absolute atomic E-state index is 2.59. The molecule has 1 heterocycles. The first-order chi connectivity index (χ1) is 36.7. The quantitative estimate of drug-likeness (QED) is 0.135. The Morgan fingerprint density at radius 2 is 0.824 bits per heavy atom. The minimum absolute atomic E-state index is 0.808. The third kappa shape index (κ3) is 7.04. The van der Waals surface area contributed by atoms with E-state index >= 15 is 0 Å². The number of hydrogen-bond donors (Lipinski definition) is 0. The molecule has 3 heteroatoms. The minimum atomic E-state index is -0.808. The molecule has 1 aliphatic carbocycles. The smallest absolute Gasteiger partial charge is 0.122 e.